The van der Waals surface area contributed by atoms with Crippen molar-refractivity contribution < 1.29 is 23.9 Å². The molecular weight excluding hydrogens is 799 g/mol. The molecule has 4 aromatic carbocycles. The average molecular weight is 856 g/mol. The summed E-state index contributed by atoms with van der Waals surface area (Å²) in [6.45, 7) is 15.2. The number of hydrogen-bond donors (Lipinski definition) is 4. The topological polar surface area (TPSA) is 153 Å². The summed E-state index contributed by atoms with van der Waals surface area (Å²) in [7, 11) is -2.25. The molecule has 3 fully saturated rings. The number of nitrogens with one attached hydrogen (secondary N) is 2. The number of aryl methyl sites for hydroxylation is 1. The van der Waals surface area contributed by atoms with Gasteiger partial charge in [0.15, 0.2) is 13.9 Å². The van der Waals surface area contributed by atoms with Gasteiger partial charge in [-0.05, 0) is 115 Å². The van der Waals surface area contributed by atoms with E-state index in [4.69, 9.17) is 8.84 Å². The number of anilines is 1. The first-order valence-corrected chi connectivity index (χ1v) is 24.5. The minimum absolute atomic E-state index is 0.00552. The fourth-order valence-corrected chi connectivity index (χ4v) is 10.1. The molecule has 9 rings (SSSR count). The van der Waals surface area contributed by atoms with Crippen LogP contribution in [-0.2, 0) is 17.5 Å². The number of fused-ring (bicyclic) bond motifs is 5. The molecule has 2 bridgehead atoms. The summed E-state index contributed by atoms with van der Waals surface area (Å²) < 4.78 is 14.3. The van der Waals surface area contributed by atoms with Crippen LogP contribution in [0.25, 0.3) is 39.2 Å². The van der Waals surface area contributed by atoms with E-state index in [9.17, 15) is 24.6 Å². The predicted molar refractivity (Wildman–Crippen MR) is 248 cm³/mol. The standard InChI is InChI=1S/C49H57N5O7Si/c1-49(2,3)62(4,5)61-44(36-16-20-42(55)46-37(36)17-21-45(56)51-46)30-50-29-33-15-19-40-43(28-33)60-48(59)53(40)24-10-9-11-32-14-18-39(38(27-32)34-12-7-6-8-13-34)54(47(57)58)41-31-52-25-22-35(41)23-26-52/h6-9,11-21,27-28,35,41,44,50,55H,10,22-26,29-31H2,1-5H3,(H,51,56)(H,57,58)/b11-9+/t41-,44+/m0/s1. The number of carboxylic acid groups (broad SMARTS) is 1. The van der Waals surface area contributed by atoms with E-state index >= 15 is 0 Å². The Balaban J connectivity index is 0.960. The number of carbonyl (C=O) groups is 1. The van der Waals surface area contributed by atoms with Gasteiger partial charge in [0, 0.05) is 43.2 Å². The lowest BCUT2D eigenvalue weighted by Gasteiger charge is -2.48. The number of aromatic nitrogens is 2. The molecule has 0 saturated carbocycles. The van der Waals surface area contributed by atoms with Crippen molar-refractivity contribution in [2.75, 3.05) is 31.1 Å². The third-order valence-electron chi connectivity index (χ3n) is 13.2. The monoisotopic (exact) mass is 855 g/mol. The van der Waals surface area contributed by atoms with E-state index in [0.717, 1.165) is 65.7 Å². The number of pyridine rings is 1. The van der Waals surface area contributed by atoms with Crippen molar-refractivity contribution >= 4 is 48.2 Å². The molecule has 0 spiro atoms. The molecule has 3 aliphatic heterocycles. The number of amides is 1. The van der Waals surface area contributed by atoms with E-state index in [-0.39, 0.29) is 28.5 Å². The second-order valence-corrected chi connectivity index (χ2v) is 23.1. The molecule has 2 atom stereocenters. The van der Waals surface area contributed by atoms with Gasteiger partial charge in [-0.15, -0.1) is 0 Å². The summed E-state index contributed by atoms with van der Waals surface area (Å²) in [5.41, 5.74) is 6.61. The molecule has 3 saturated heterocycles. The normalized spacial score (nSPS) is 18.5. The Morgan fingerprint density at radius 3 is 2.50 bits per heavy atom. The van der Waals surface area contributed by atoms with Crippen LogP contribution in [-0.4, -0.2) is 71.3 Å². The van der Waals surface area contributed by atoms with Crippen molar-refractivity contribution in [3.8, 4) is 16.9 Å². The fraction of sp³-hybridized carbons (Fsp3) is 0.367. The lowest BCUT2D eigenvalue weighted by molar-refractivity contribution is 0.0838. The van der Waals surface area contributed by atoms with Crippen molar-refractivity contribution in [1.29, 1.82) is 0 Å². The zero-order valence-corrected chi connectivity index (χ0v) is 37.2. The lowest BCUT2D eigenvalue weighted by Crippen LogP contribution is -2.58. The van der Waals surface area contributed by atoms with Crippen LogP contribution in [0.15, 0.2) is 111 Å². The van der Waals surface area contributed by atoms with E-state index in [2.05, 4.69) is 55.1 Å². The third kappa shape index (κ3) is 8.94. The molecule has 62 heavy (non-hydrogen) atoms. The van der Waals surface area contributed by atoms with E-state index < -0.39 is 20.2 Å². The Kier molecular flexibility index (Phi) is 12.2. The van der Waals surface area contributed by atoms with Crippen LogP contribution in [0.3, 0.4) is 0 Å². The SMILES string of the molecule is CC(C)(C)[Si](C)(C)O[C@H](CNCc1ccc2c(c1)oc(=O)n2CC/C=C/c1ccc(N(C(=O)O)[C@H]2CN3CCC2CC3)c(-c2ccccc2)c1)c1ccc(O)c2[nH]c(=O)ccc12. The van der Waals surface area contributed by atoms with E-state index in [0.29, 0.717) is 54.3 Å². The van der Waals surface area contributed by atoms with E-state index in [1.807, 2.05) is 78.9 Å². The van der Waals surface area contributed by atoms with Crippen LogP contribution in [0.1, 0.15) is 62.8 Å². The maximum atomic E-state index is 13.1. The van der Waals surface area contributed by atoms with Gasteiger partial charge in [0.05, 0.1) is 28.9 Å². The zero-order chi connectivity index (χ0) is 43.8. The molecule has 1 amide bonds. The zero-order valence-electron chi connectivity index (χ0n) is 36.2. The van der Waals surface area contributed by atoms with Crippen molar-refractivity contribution in [2.45, 2.75) is 83.4 Å². The van der Waals surface area contributed by atoms with Gasteiger partial charge in [-0.3, -0.25) is 14.3 Å². The fourth-order valence-electron chi connectivity index (χ4n) is 8.86. The Labute approximate surface area is 362 Å². The smallest absolute Gasteiger partial charge is 0.419 e. The van der Waals surface area contributed by atoms with E-state index in [1.54, 1.807) is 21.6 Å². The summed E-state index contributed by atoms with van der Waals surface area (Å²) in [5.74, 6) is -0.0634. The second-order valence-electron chi connectivity index (χ2n) is 18.3. The Hall–Kier alpha value is -5.73. The molecule has 13 heteroatoms. The Bertz CT molecular complexity index is 2730. The van der Waals surface area contributed by atoms with Crippen LogP contribution >= 0.6 is 0 Å². The number of nitrogens with zero attached hydrogens (tertiary/aromatic N) is 3. The molecule has 6 aromatic rings. The highest BCUT2D eigenvalue weighted by Gasteiger charge is 2.41. The number of phenols is 1. The molecule has 2 aromatic heterocycles. The molecular formula is C49H57N5O7Si. The first-order valence-electron chi connectivity index (χ1n) is 21.6. The molecule has 0 unspecified atom stereocenters. The van der Waals surface area contributed by atoms with Gasteiger partial charge < -0.3 is 34.3 Å². The first kappa shape index (κ1) is 42.9. The van der Waals surface area contributed by atoms with Gasteiger partial charge in [0.1, 0.15) is 5.75 Å². The van der Waals surface area contributed by atoms with Gasteiger partial charge >= 0.3 is 11.8 Å². The summed E-state index contributed by atoms with van der Waals surface area (Å²) in [6.07, 6.45) is 5.39. The quantitative estimate of drug-likeness (QED) is 0.0786. The van der Waals surface area contributed by atoms with Gasteiger partial charge in [0.25, 0.3) is 0 Å². The molecule has 4 N–H and O–H groups in total. The number of piperidine rings is 3. The molecule has 0 radical (unpaired) electrons. The number of H-pyrrole nitrogens is 1. The summed E-state index contributed by atoms with van der Waals surface area (Å²) >= 11 is 0. The first-order chi connectivity index (χ1) is 29.7. The molecule has 3 aliphatic rings. The largest absolute Gasteiger partial charge is 0.506 e. The lowest BCUT2D eigenvalue weighted by atomic mass is 9.82. The van der Waals surface area contributed by atoms with Gasteiger partial charge in [-0.2, -0.15) is 0 Å². The van der Waals surface area contributed by atoms with Crippen LogP contribution < -0.4 is 21.5 Å². The van der Waals surface area contributed by atoms with Crippen molar-refractivity contribution in [3.05, 3.63) is 135 Å². The van der Waals surface area contributed by atoms with Crippen LogP contribution in [0.5, 0.6) is 5.75 Å². The number of aromatic amines is 1. The minimum Gasteiger partial charge on any atom is -0.506 e. The van der Waals surface area contributed by atoms with Crippen LogP contribution in [0.4, 0.5) is 10.5 Å². The van der Waals surface area contributed by atoms with Crippen LogP contribution in [0, 0.1) is 5.92 Å². The second kappa shape index (κ2) is 17.6. The molecule has 12 nitrogen and oxygen atoms in total. The van der Waals surface area contributed by atoms with Crippen molar-refractivity contribution in [1.82, 2.24) is 19.8 Å². The van der Waals surface area contributed by atoms with Gasteiger partial charge in [-0.25, -0.2) is 9.59 Å². The highest BCUT2D eigenvalue weighted by molar-refractivity contribution is 6.74. The number of rotatable bonds is 14. The molecule has 324 valence electrons. The summed E-state index contributed by atoms with van der Waals surface area (Å²) in [4.78, 5) is 44.9. The number of benzene rings is 4. The van der Waals surface area contributed by atoms with Crippen molar-refractivity contribution in [2.24, 2.45) is 5.92 Å². The Morgan fingerprint density at radius 2 is 1.79 bits per heavy atom. The third-order valence-corrected chi connectivity index (χ3v) is 17.7. The number of aromatic hydroxyl groups is 1. The average Bonchev–Trinajstić information content (AvgIpc) is 3.56. The van der Waals surface area contributed by atoms with Crippen molar-refractivity contribution in [3.63, 3.8) is 0 Å². The maximum absolute atomic E-state index is 13.1. The van der Waals surface area contributed by atoms with Gasteiger partial charge in [-0.1, -0.05) is 81.5 Å². The summed E-state index contributed by atoms with van der Waals surface area (Å²) in [5, 5.41) is 25.4. The van der Waals surface area contributed by atoms with E-state index in [1.165, 1.54) is 6.07 Å². The maximum Gasteiger partial charge on any atom is 0.419 e. The minimum atomic E-state index is -2.25. The number of hydrogen-bond acceptors (Lipinski definition) is 8. The van der Waals surface area contributed by atoms with Crippen LogP contribution in [0.2, 0.25) is 18.1 Å². The molecule has 0 aliphatic carbocycles. The van der Waals surface area contributed by atoms with Gasteiger partial charge in [0.2, 0.25) is 5.56 Å². The highest BCUT2D eigenvalue weighted by Crippen LogP contribution is 2.42. The predicted octanol–water partition coefficient (Wildman–Crippen LogP) is 9.34. The summed E-state index contributed by atoms with van der Waals surface area (Å²) in [6, 6.07) is 28.3. The molecule has 5 heterocycles. The number of oxazole rings is 1. The highest BCUT2D eigenvalue weighted by atomic mass is 28.4. The Morgan fingerprint density at radius 1 is 1.02 bits per heavy atom. The number of allylic oxidation sites excluding steroid dienone is 1. The number of phenolic OH excluding ortho intramolecular Hbond substituents is 1.